The van der Waals surface area contributed by atoms with Crippen LogP contribution in [0.4, 0.5) is 0 Å². The van der Waals surface area contributed by atoms with Crippen LogP contribution in [0.3, 0.4) is 0 Å². The quantitative estimate of drug-likeness (QED) is 0.361. The molecule has 162 valence electrons. The van der Waals surface area contributed by atoms with Crippen LogP contribution in [0.2, 0.25) is 0 Å². The second-order valence-corrected chi connectivity index (χ2v) is 9.68. The molecule has 2 aliphatic carbocycles. The van der Waals surface area contributed by atoms with Crippen LogP contribution in [0.1, 0.15) is 101 Å². The molecule has 0 heterocycles. The van der Waals surface area contributed by atoms with E-state index in [2.05, 4.69) is 78.5 Å². The van der Waals surface area contributed by atoms with Crippen LogP contribution >= 0.6 is 0 Å². The maximum absolute atomic E-state index is 4.52. The van der Waals surface area contributed by atoms with Crippen molar-refractivity contribution in [1.29, 1.82) is 0 Å². The Kier molecular flexibility index (Phi) is 7.61. The molecule has 0 nitrogen and oxygen atoms in total. The van der Waals surface area contributed by atoms with E-state index >= 15 is 0 Å². The van der Waals surface area contributed by atoms with Gasteiger partial charge in [-0.05, 0) is 103 Å². The van der Waals surface area contributed by atoms with Crippen LogP contribution in [0.15, 0.2) is 53.7 Å². The SMILES string of the molecule is C=C(CC)C(=C\C=C/C(C)CC)/C(=C(\C)CCC)c1c(C)ccc2c1C1CC1CC2. The summed E-state index contributed by atoms with van der Waals surface area (Å²) in [5, 5.41) is 0. The zero-order valence-corrected chi connectivity index (χ0v) is 20.3. The first-order valence-corrected chi connectivity index (χ1v) is 12.3. The highest BCUT2D eigenvalue weighted by atomic mass is 14.5. The van der Waals surface area contributed by atoms with Gasteiger partial charge in [-0.15, -0.1) is 0 Å². The van der Waals surface area contributed by atoms with Crippen molar-refractivity contribution in [3.8, 4) is 0 Å². The van der Waals surface area contributed by atoms with E-state index in [1.54, 1.807) is 16.7 Å². The number of benzene rings is 1. The summed E-state index contributed by atoms with van der Waals surface area (Å²) in [5.41, 5.74) is 11.9. The van der Waals surface area contributed by atoms with Gasteiger partial charge in [-0.25, -0.2) is 0 Å². The van der Waals surface area contributed by atoms with Crippen LogP contribution in [-0.2, 0) is 6.42 Å². The van der Waals surface area contributed by atoms with Crippen LogP contribution in [0.5, 0.6) is 0 Å². The van der Waals surface area contributed by atoms with Crippen LogP contribution in [0.25, 0.3) is 5.57 Å². The minimum absolute atomic E-state index is 0.611. The summed E-state index contributed by atoms with van der Waals surface area (Å²) in [6.07, 6.45) is 15.5. The molecule has 0 aliphatic heterocycles. The van der Waals surface area contributed by atoms with Gasteiger partial charge >= 0.3 is 0 Å². The maximum Gasteiger partial charge on any atom is -0.0111 e. The van der Waals surface area contributed by atoms with E-state index in [0.29, 0.717) is 5.92 Å². The van der Waals surface area contributed by atoms with Gasteiger partial charge < -0.3 is 0 Å². The van der Waals surface area contributed by atoms with Crippen LogP contribution in [-0.4, -0.2) is 0 Å². The summed E-state index contributed by atoms with van der Waals surface area (Å²) in [6, 6.07) is 4.79. The smallest absolute Gasteiger partial charge is 0.0111 e. The number of fused-ring (bicyclic) bond motifs is 3. The van der Waals surface area contributed by atoms with E-state index in [9.17, 15) is 0 Å². The topological polar surface area (TPSA) is 0 Å². The van der Waals surface area contributed by atoms with Crippen molar-refractivity contribution in [2.45, 2.75) is 92.4 Å². The van der Waals surface area contributed by atoms with Crippen molar-refractivity contribution in [2.24, 2.45) is 11.8 Å². The Balaban J connectivity index is 2.21. The van der Waals surface area contributed by atoms with E-state index < -0.39 is 0 Å². The Morgan fingerprint density at radius 1 is 1.23 bits per heavy atom. The molecule has 0 aromatic heterocycles. The molecule has 3 atom stereocenters. The molecular weight excluding hydrogens is 360 g/mol. The lowest BCUT2D eigenvalue weighted by molar-refractivity contribution is 0.665. The zero-order valence-electron chi connectivity index (χ0n) is 20.3. The van der Waals surface area contributed by atoms with Gasteiger partial charge in [-0.2, -0.15) is 0 Å². The Morgan fingerprint density at radius 2 is 2.00 bits per heavy atom. The largest absolute Gasteiger partial charge is 0.0952 e. The molecule has 0 radical (unpaired) electrons. The lowest BCUT2D eigenvalue weighted by atomic mass is 9.78. The first kappa shape index (κ1) is 22.9. The molecule has 0 bridgehead atoms. The molecule has 1 aromatic carbocycles. The molecule has 2 aliphatic rings. The number of allylic oxidation sites excluding steroid dienone is 7. The van der Waals surface area contributed by atoms with Crippen LogP contribution in [0, 0.1) is 18.8 Å². The Bertz CT molecular complexity index is 874. The van der Waals surface area contributed by atoms with Gasteiger partial charge in [0.2, 0.25) is 0 Å². The van der Waals surface area contributed by atoms with E-state index in [1.165, 1.54) is 60.0 Å². The third kappa shape index (κ3) is 4.74. The molecule has 1 fully saturated rings. The predicted molar refractivity (Wildman–Crippen MR) is 134 cm³/mol. The lowest BCUT2D eigenvalue weighted by Crippen LogP contribution is -2.09. The summed E-state index contributed by atoms with van der Waals surface area (Å²) in [5.74, 6) is 2.33. The van der Waals surface area contributed by atoms with Crippen LogP contribution < -0.4 is 0 Å². The first-order valence-electron chi connectivity index (χ1n) is 12.3. The number of hydrogen-bond acceptors (Lipinski definition) is 0. The van der Waals surface area contributed by atoms with Crippen molar-refractivity contribution >= 4 is 5.57 Å². The molecular formula is C30H42. The van der Waals surface area contributed by atoms with E-state index in [0.717, 1.165) is 24.7 Å². The molecule has 1 saturated carbocycles. The van der Waals surface area contributed by atoms with Crippen molar-refractivity contribution in [2.75, 3.05) is 0 Å². The lowest BCUT2D eigenvalue weighted by Gasteiger charge is -2.26. The molecule has 0 saturated heterocycles. The van der Waals surface area contributed by atoms with Gasteiger partial charge in [0.1, 0.15) is 0 Å². The summed E-state index contributed by atoms with van der Waals surface area (Å²) < 4.78 is 0. The highest BCUT2D eigenvalue weighted by Gasteiger charge is 2.44. The van der Waals surface area contributed by atoms with Crippen molar-refractivity contribution in [1.82, 2.24) is 0 Å². The third-order valence-corrected chi connectivity index (χ3v) is 7.35. The average Bonchev–Trinajstić information content (AvgIpc) is 3.53. The maximum atomic E-state index is 4.52. The first-order chi connectivity index (χ1) is 14.4. The van der Waals surface area contributed by atoms with Gasteiger partial charge in [-0.3, -0.25) is 0 Å². The highest BCUT2D eigenvalue weighted by Crippen LogP contribution is 2.57. The van der Waals surface area contributed by atoms with Crippen molar-refractivity contribution in [3.05, 3.63) is 75.9 Å². The Hall–Kier alpha value is -1.82. The van der Waals surface area contributed by atoms with E-state index in [-0.39, 0.29) is 0 Å². The van der Waals surface area contributed by atoms with Gasteiger partial charge in [0.15, 0.2) is 0 Å². The van der Waals surface area contributed by atoms with E-state index in [4.69, 9.17) is 0 Å². The average molecular weight is 403 g/mol. The van der Waals surface area contributed by atoms with Gasteiger partial charge in [0.05, 0.1) is 0 Å². The third-order valence-electron chi connectivity index (χ3n) is 7.35. The fourth-order valence-corrected chi connectivity index (χ4v) is 5.13. The highest BCUT2D eigenvalue weighted by molar-refractivity contribution is 5.89. The summed E-state index contributed by atoms with van der Waals surface area (Å²) >= 11 is 0. The molecule has 3 rings (SSSR count). The zero-order chi connectivity index (χ0) is 21.8. The number of aryl methyl sites for hydroxylation is 2. The molecule has 1 aromatic rings. The molecule has 0 spiro atoms. The molecule has 3 unspecified atom stereocenters. The second-order valence-electron chi connectivity index (χ2n) is 9.68. The summed E-state index contributed by atoms with van der Waals surface area (Å²) in [7, 11) is 0. The molecule has 30 heavy (non-hydrogen) atoms. The fourth-order valence-electron chi connectivity index (χ4n) is 5.13. The minimum Gasteiger partial charge on any atom is -0.0952 e. The molecule has 0 N–H and O–H groups in total. The van der Waals surface area contributed by atoms with E-state index in [1.807, 2.05) is 0 Å². The normalized spacial score (nSPS) is 22.4. The van der Waals surface area contributed by atoms with Gasteiger partial charge in [0, 0.05) is 0 Å². The van der Waals surface area contributed by atoms with Gasteiger partial charge in [-0.1, -0.05) is 83.0 Å². The molecule has 0 amide bonds. The molecule has 0 heteroatoms. The second kappa shape index (κ2) is 9.99. The standard InChI is InChI=1S/C30H42/c1-8-12-22(6)28(26(21(5)10-3)14-11-13-20(4)9-2)29-23(7)15-16-24-17-18-25-19-27(25)30(24)29/h11,13-16,20,25,27H,5,8-10,12,17-19H2,1-4,6-7H3/b13-11-,26-14+,28-22-. The number of rotatable bonds is 9. The minimum atomic E-state index is 0.611. The number of hydrogen-bond donors (Lipinski definition) is 0. The Labute approximate surface area is 185 Å². The monoisotopic (exact) mass is 402 g/mol. The summed E-state index contributed by atoms with van der Waals surface area (Å²) in [4.78, 5) is 0. The van der Waals surface area contributed by atoms with Crippen molar-refractivity contribution in [3.63, 3.8) is 0 Å². The Morgan fingerprint density at radius 3 is 2.67 bits per heavy atom. The van der Waals surface area contributed by atoms with Gasteiger partial charge in [0.25, 0.3) is 0 Å². The summed E-state index contributed by atoms with van der Waals surface area (Å²) in [6.45, 7) is 18.3. The fraction of sp³-hybridized carbons (Fsp3) is 0.533. The predicted octanol–water partition coefficient (Wildman–Crippen LogP) is 9.11. The van der Waals surface area contributed by atoms with Crippen molar-refractivity contribution < 1.29 is 0 Å².